The maximum atomic E-state index is 11.2. The fraction of sp³-hybridized carbons (Fsp3) is 0.333. The molecule has 0 fully saturated rings. The number of benzene rings is 1. The van der Waals surface area contributed by atoms with Gasteiger partial charge in [-0.05, 0) is 19.1 Å². The third-order valence-corrected chi connectivity index (χ3v) is 3.57. The molecule has 17 heavy (non-hydrogen) atoms. The van der Waals surface area contributed by atoms with Gasteiger partial charge in [0.05, 0.1) is 23.9 Å². The van der Waals surface area contributed by atoms with Crippen molar-refractivity contribution in [2.45, 2.75) is 17.9 Å². The van der Waals surface area contributed by atoms with Crippen LogP contribution in [0.15, 0.2) is 24.3 Å². The van der Waals surface area contributed by atoms with E-state index in [0.717, 1.165) is 16.9 Å². The summed E-state index contributed by atoms with van der Waals surface area (Å²) in [6, 6.07) is 7.87. The molecular weight excluding hydrogens is 236 g/mol. The van der Waals surface area contributed by atoms with E-state index < -0.39 is 0 Å². The molecule has 0 aliphatic rings. The Bertz CT molecular complexity index is 491. The molecule has 1 heterocycles. The van der Waals surface area contributed by atoms with Crippen LogP contribution < -0.4 is 0 Å². The number of fused-ring (bicyclic) bond motifs is 1. The highest BCUT2D eigenvalue weighted by molar-refractivity contribution is 7.99. The van der Waals surface area contributed by atoms with Gasteiger partial charge in [0.2, 0.25) is 0 Å². The van der Waals surface area contributed by atoms with Crippen molar-refractivity contribution in [2.75, 3.05) is 7.11 Å². The summed E-state index contributed by atoms with van der Waals surface area (Å²) in [6.45, 7) is 1.83. The standard InChI is InChI=1S/C12H14N2O2S/c1-8(12(15)16-2)17-7-11-13-9-5-3-4-6-10(9)14-11/h3-6,8H,7H2,1-2H3,(H,13,14). The molecule has 1 aromatic carbocycles. The summed E-state index contributed by atoms with van der Waals surface area (Å²) in [4.78, 5) is 18.9. The molecule has 1 N–H and O–H groups in total. The van der Waals surface area contributed by atoms with Gasteiger partial charge in [-0.1, -0.05) is 12.1 Å². The SMILES string of the molecule is COC(=O)C(C)SCc1nc2ccccc2[nH]1. The van der Waals surface area contributed by atoms with E-state index in [9.17, 15) is 4.79 Å². The van der Waals surface area contributed by atoms with Crippen LogP contribution in [-0.4, -0.2) is 28.3 Å². The number of imidazole rings is 1. The first-order valence-electron chi connectivity index (χ1n) is 5.34. The van der Waals surface area contributed by atoms with Crippen LogP contribution in [0.25, 0.3) is 11.0 Å². The second-order valence-corrected chi connectivity index (χ2v) is 5.01. The zero-order chi connectivity index (χ0) is 12.3. The Morgan fingerprint density at radius 3 is 3.00 bits per heavy atom. The number of thioether (sulfide) groups is 1. The second kappa shape index (κ2) is 5.23. The molecular formula is C12H14N2O2S. The van der Waals surface area contributed by atoms with Crippen LogP contribution in [0.5, 0.6) is 0 Å². The van der Waals surface area contributed by atoms with E-state index >= 15 is 0 Å². The highest BCUT2D eigenvalue weighted by Crippen LogP contribution is 2.19. The third kappa shape index (κ3) is 2.79. The molecule has 0 aliphatic heterocycles. The minimum absolute atomic E-state index is 0.173. The van der Waals surface area contributed by atoms with Gasteiger partial charge >= 0.3 is 5.97 Å². The largest absolute Gasteiger partial charge is 0.468 e. The lowest BCUT2D eigenvalue weighted by Gasteiger charge is -2.06. The van der Waals surface area contributed by atoms with Crippen LogP contribution in [0, 0.1) is 0 Å². The second-order valence-electron chi connectivity index (χ2n) is 3.68. The maximum Gasteiger partial charge on any atom is 0.318 e. The van der Waals surface area contributed by atoms with Gasteiger partial charge in [0, 0.05) is 0 Å². The highest BCUT2D eigenvalue weighted by Gasteiger charge is 2.14. The van der Waals surface area contributed by atoms with Crippen molar-refractivity contribution in [1.82, 2.24) is 9.97 Å². The molecule has 5 heteroatoms. The Labute approximate surface area is 104 Å². The lowest BCUT2D eigenvalue weighted by molar-refractivity contribution is -0.139. The molecule has 0 amide bonds. The van der Waals surface area contributed by atoms with Gasteiger partial charge in [-0.3, -0.25) is 4.79 Å². The van der Waals surface area contributed by atoms with Gasteiger partial charge in [0.25, 0.3) is 0 Å². The summed E-state index contributed by atoms with van der Waals surface area (Å²) in [5.74, 6) is 1.35. The number of hydrogen-bond donors (Lipinski definition) is 1. The number of aromatic nitrogens is 2. The van der Waals surface area contributed by atoms with Gasteiger partial charge in [0.15, 0.2) is 0 Å². The van der Waals surface area contributed by atoms with E-state index in [1.54, 1.807) is 0 Å². The van der Waals surface area contributed by atoms with Crippen molar-refractivity contribution in [3.8, 4) is 0 Å². The zero-order valence-corrected chi connectivity index (χ0v) is 10.6. The fourth-order valence-electron chi connectivity index (χ4n) is 1.51. The molecule has 0 saturated heterocycles. The minimum atomic E-state index is -0.203. The smallest absolute Gasteiger partial charge is 0.318 e. The van der Waals surface area contributed by atoms with E-state index in [2.05, 4.69) is 14.7 Å². The van der Waals surface area contributed by atoms with Crippen molar-refractivity contribution < 1.29 is 9.53 Å². The third-order valence-electron chi connectivity index (χ3n) is 2.44. The highest BCUT2D eigenvalue weighted by atomic mass is 32.2. The van der Waals surface area contributed by atoms with Crippen molar-refractivity contribution in [3.05, 3.63) is 30.1 Å². The Morgan fingerprint density at radius 1 is 1.53 bits per heavy atom. The summed E-state index contributed by atoms with van der Waals surface area (Å²) in [5.41, 5.74) is 1.97. The van der Waals surface area contributed by atoms with Gasteiger partial charge < -0.3 is 9.72 Å². The van der Waals surface area contributed by atoms with Crippen LogP contribution in [0.1, 0.15) is 12.7 Å². The molecule has 0 radical (unpaired) electrons. The summed E-state index contributed by atoms with van der Waals surface area (Å²) >= 11 is 1.51. The minimum Gasteiger partial charge on any atom is -0.468 e. The van der Waals surface area contributed by atoms with E-state index in [0.29, 0.717) is 5.75 Å². The average Bonchev–Trinajstić information content (AvgIpc) is 2.77. The van der Waals surface area contributed by atoms with Crippen molar-refractivity contribution in [2.24, 2.45) is 0 Å². The molecule has 1 unspecified atom stereocenters. The van der Waals surface area contributed by atoms with Gasteiger partial charge in [0.1, 0.15) is 11.1 Å². The summed E-state index contributed by atoms with van der Waals surface area (Å²) in [7, 11) is 1.40. The van der Waals surface area contributed by atoms with Gasteiger partial charge in [-0.25, -0.2) is 4.98 Å². The number of carbonyl (C=O) groups excluding carboxylic acids is 1. The average molecular weight is 250 g/mol. The number of nitrogens with zero attached hydrogens (tertiary/aromatic N) is 1. The molecule has 0 bridgehead atoms. The number of carbonyl (C=O) groups is 1. The number of esters is 1. The molecule has 4 nitrogen and oxygen atoms in total. The number of methoxy groups -OCH3 is 1. The molecule has 0 saturated carbocycles. The van der Waals surface area contributed by atoms with E-state index in [1.807, 2.05) is 31.2 Å². The fourth-order valence-corrected chi connectivity index (χ4v) is 2.29. The van der Waals surface area contributed by atoms with Crippen LogP contribution >= 0.6 is 11.8 Å². The Kier molecular flexibility index (Phi) is 3.68. The first kappa shape index (κ1) is 12.0. The molecule has 1 aromatic heterocycles. The molecule has 2 rings (SSSR count). The number of aromatic amines is 1. The number of para-hydroxylation sites is 2. The number of H-pyrrole nitrogens is 1. The monoisotopic (exact) mass is 250 g/mol. The molecule has 2 aromatic rings. The lowest BCUT2D eigenvalue weighted by Crippen LogP contribution is -2.14. The lowest BCUT2D eigenvalue weighted by atomic mass is 10.3. The quantitative estimate of drug-likeness (QED) is 0.846. The van der Waals surface area contributed by atoms with E-state index in [-0.39, 0.29) is 11.2 Å². The number of hydrogen-bond acceptors (Lipinski definition) is 4. The number of nitrogens with one attached hydrogen (secondary N) is 1. The molecule has 1 atom stereocenters. The normalized spacial score (nSPS) is 12.6. The Balaban J connectivity index is 2.01. The first-order chi connectivity index (χ1) is 8.20. The van der Waals surface area contributed by atoms with Crippen LogP contribution in [0.3, 0.4) is 0 Å². The molecule has 90 valence electrons. The Hall–Kier alpha value is -1.49. The number of rotatable bonds is 4. The Morgan fingerprint density at radius 2 is 2.29 bits per heavy atom. The molecule has 0 spiro atoms. The topological polar surface area (TPSA) is 55.0 Å². The summed E-state index contributed by atoms with van der Waals surface area (Å²) in [5, 5.41) is -0.173. The predicted octanol–water partition coefficient (Wildman–Crippen LogP) is 2.36. The van der Waals surface area contributed by atoms with Crippen LogP contribution in [0.4, 0.5) is 0 Å². The predicted molar refractivity (Wildman–Crippen MR) is 68.9 cm³/mol. The zero-order valence-electron chi connectivity index (χ0n) is 9.77. The van der Waals surface area contributed by atoms with Gasteiger partial charge in [-0.2, -0.15) is 0 Å². The summed E-state index contributed by atoms with van der Waals surface area (Å²) in [6.07, 6.45) is 0. The van der Waals surface area contributed by atoms with Gasteiger partial charge in [-0.15, -0.1) is 11.8 Å². The number of ether oxygens (including phenoxy) is 1. The van der Waals surface area contributed by atoms with Crippen molar-refractivity contribution >= 4 is 28.8 Å². The van der Waals surface area contributed by atoms with E-state index in [4.69, 9.17) is 0 Å². The maximum absolute atomic E-state index is 11.2. The first-order valence-corrected chi connectivity index (χ1v) is 6.38. The van der Waals surface area contributed by atoms with E-state index in [1.165, 1.54) is 18.9 Å². The van der Waals surface area contributed by atoms with Crippen molar-refractivity contribution in [3.63, 3.8) is 0 Å². The summed E-state index contributed by atoms with van der Waals surface area (Å²) < 4.78 is 4.67. The van der Waals surface area contributed by atoms with Crippen LogP contribution in [-0.2, 0) is 15.3 Å². The van der Waals surface area contributed by atoms with Crippen molar-refractivity contribution in [1.29, 1.82) is 0 Å². The molecule has 0 aliphatic carbocycles. The van der Waals surface area contributed by atoms with Crippen LogP contribution in [0.2, 0.25) is 0 Å².